The summed E-state index contributed by atoms with van der Waals surface area (Å²) in [6.07, 6.45) is 5.63. The molecule has 2 N–H and O–H groups in total. The quantitative estimate of drug-likeness (QED) is 0.852. The zero-order chi connectivity index (χ0) is 13.2. The van der Waals surface area contributed by atoms with E-state index in [2.05, 4.69) is 10.1 Å². The number of aromatic nitrogens is 3. The molecule has 5 nitrogen and oxygen atoms in total. The van der Waals surface area contributed by atoms with E-state index in [-0.39, 0.29) is 6.04 Å². The summed E-state index contributed by atoms with van der Waals surface area (Å²) in [6.45, 7) is 4.06. The van der Waals surface area contributed by atoms with Crippen molar-refractivity contribution in [2.45, 2.75) is 70.1 Å². The van der Waals surface area contributed by atoms with E-state index in [9.17, 15) is 10.2 Å². The molecular weight excluding hydrogens is 230 g/mol. The highest BCUT2D eigenvalue weighted by atomic mass is 16.3. The fraction of sp³-hybridized carbons (Fsp3) is 0.846. The van der Waals surface area contributed by atoms with Crippen LogP contribution in [0.2, 0.25) is 0 Å². The van der Waals surface area contributed by atoms with Gasteiger partial charge in [-0.3, -0.25) is 0 Å². The van der Waals surface area contributed by atoms with E-state index >= 15 is 0 Å². The molecule has 1 aromatic heterocycles. The average molecular weight is 253 g/mol. The zero-order valence-electron chi connectivity index (χ0n) is 11.2. The molecule has 0 spiro atoms. The van der Waals surface area contributed by atoms with Crippen molar-refractivity contribution in [3.05, 3.63) is 12.2 Å². The fourth-order valence-electron chi connectivity index (χ4n) is 2.71. The Morgan fingerprint density at radius 1 is 1.33 bits per heavy atom. The van der Waals surface area contributed by atoms with Gasteiger partial charge in [-0.15, -0.1) is 0 Å². The van der Waals surface area contributed by atoms with Crippen LogP contribution in [-0.2, 0) is 6.42 Å². The number of aliphatic hydroxyl groups is 2. The molecular formula is C13H23N3O2. The minimum absolute atomic E-state index is 0.218. The number of rotatable bonds is 4. The monoisotopic (exact) mass is 253 g/mol. The number of nitrogens with zero attached hydrogens (tertiary/aromatic N) is 3. The predicted molar refractivity (Wildman–Crippen MR) is 68.2 cm³/mol. The van der Waals surface area contributed by atoms with Gasteiger partial charge in [0.15, 0.2) is 0 Å². The topological polar surface area (TPSA) is 71.2 Å². The van der Waals surface area contributed by atoms with Crippen molar-refractivity contribution in [3.63, 3.8) is 0 Å². The van der Waals surface area contributed by atoms with E-state index in [0.717, 1.165) is 25.1 Å². The summed E-state index contributed by atoms with van der Waals surface area (Å²) in [5.74, 6) is 0.747. The third-order valence-corrected chi connectivity index (χ3v) is 3.85. The van der Waals surface area contributed by atoms with Crippen molar-refractivity contribution in [1.82, 2.24) is 14.8 Å². The molecule has 1 aliphatic rings. The van der Waals surface area contributed by atoms with Gasteiger partial charge in [-0.1, -0.05) is 19.3 Å². The maximum Gasteiger partial charge on any atom is 0.138 e. The highest BCUT2D eigenvalue weighted by molar-refractivity contribution is 4.97. The molecule has 1 atom stereocenters. The Kier molecular flexibility index (Phi) is 4.02. The van der Waals surface area contributed by atoms with Crippen LogP contribution in [-0.4, -0.2) is 36.7 Å². The summed E-state index contributed by atoms with van der Waals surface area (Å²) in [4.78, 5) is 4.18. The van der Waals surface area contributed by atoms with Gasteiger partial charge in [-0.25, -0.2) is 9.67 Å². The van der Waals surface area contributed by atoms with Crippen LogP contribution >= 0.6 is 0 Å². The molecule has 1 saturated carbocycles. The number of aliphatic hydroxyl groups excluding tert-OH is 1. The Balaban J connectivity index is 2.06. The molecule has 2 rings (SSSR count). The molecule has 1 fully saturated rings. The normalized spacial score (nSPS) is 21.2. The highest BCUT2D eigenvalue weighted by Crippen LogP contribution is 2.32. The Morgan fingerprint density at radius 3 is 2.61 bits per heavy atom. The minimum atomic E-state index is -0.938. The van der Waals surface area contributed by atoms with E-state index in [4.69, 9.17) is 0 Å². The van der Waals surface area contributed by atoms with Crippen LogP contribution in [0.25, 0.3) is 0 Å². The van der Waals surface area contributed by atoms with Gasteiger partial charge in [0.2, 0.25) is 0 Å². The van der Waals surface area contributed by atoms with Crippen LogP contribution in [0, 0.1) is 0 Å². The lowest BCUT2D eigenvalue weighted by atomic mass is 9.79. The van der Waals surface area contributed by atoms with Crippen LogP contribution in [0.3, 0.4) is 0 Å². The third-order valence-electron chi connectivity index (χ3n) is 3.85. The lowest BCUT2D eigenvalue weighted by Gasteiger charge is -2.36. The molecule has 0 aromatic carbocycles. The smallest absolute Gasteiger partial charge is 0.138 e. The maximum absolute atomic E-state index is 10.5. The summed E-state index contributed by atoms with van der Waals surface area (Å²) in [6, 6.07) is 0.218. The zero-order valence-corrected chi connectivity index (χ0v) is 11.2. The van der Waals surface area contributed by atoms with Crippen LogP contribution in [0.5, 0.6) is 0 Å². The number of hydrogen-bond acceptors (Lipinski definition) is 4. The van der Waals surface area contributed by atoms with E-state index in [1.807, 2.05) is 13.8 Å². The summed E-state index contributed by atoms with van der Waals surface area (Å²) < 4.78 is 1.80. The number of hydrogen-bond donors (Lipinski definition) is 2. The Morgan fingerprint density at radius 2 is 2.00 bits per heavy atom. The second kappa shape index (κ2) is 5.36. The van der Waals surface area contributed by atoms with Crippen molar-refractivity contribution in [2.24, 2.45) is 0 Å². The van der Waals surface area contributed by atoms with Gasteiger partial charge in [0, 0.05) is 12.5 Å². The first kappa shape index (κ1) is 13.5. The lowest BCUT2D eigenvalue weighted by Crippen LogP contribution is -2.45. The molecule has 0 radical (unpaired) electrons. The first-order valence-electron chi connectivity index (χ1n) is 6.82. The molecule has 5 heteroatoms. The maximum atomic E-state index is 10.5. The van der Waals surface area contributed by atoms with Crippen LogP contribution in [0.1, 0.15) is 57.8 Å². The first-order chi connectivity index (χ1) is 8.53. The average Bonchev–Trinajstić information content (AvgIpc) is 2.78. The molecule has 1 aromatic rings. The molecule has 1 heterocycles. The summed E-state index contributed by atoms with van der Waals surface area (Å²) in [5.41, 5.74) is -0.938. The molecule has 102 valence electrons. The highest BCUT2D eigenvalue weighted by Gasteiger charge is 2.37. The first-order valence-corrected chi connectivity index (χ1v) is 6.82. The van der Waals surface area contributed by atoms with Crippen molar-refractivity contribution >= 4 is 0 Å². The van der Waals surface area contributed by atoms with Crippen molar-refractivity contribution in [1.29, 1.82) is 0 Å². The molecule has 0 amide bonds. The van der Waals surface area contributed by atoms with Crippen LogP contribution in [0.15, 0.2) is 6.33 Å². The summed E-state index contributed by atoms with van der Waals surface area (Å²) >= 11 is 0. The van der Waals surface area contributed by atoms with E-state index < -0.39 is 11.7 Å². The molecule has 0 saturated heterocycles. The van der Waals surface area contributed by atoms with Crippen LogP contribution < -0.4 is 0 Å². The van der Waals surface area contributed by atoms with E-state index in [0.29, 0.717) is 19.3 Å². The summed E-state index contributed by atoms with van der Waals surface area (Å²) in [5, 5.41) is 24.9. The minimum Gasteiger partial charge on any atom is -0.390 e. The van der Waals surface area contributed by atoms with E-state index in [1.165, 1.54) is 6.33 Å². The van der Waals surface area contributed by atoms with Gasteiger partial charge in [0.05, 0.1) is 11.7 Å². The fourth-order valence-corrected chi connectivity index (χ4v) is 2.71. The molecule has 0 aliphatic heterocycles. The van der Waals surface area contributed by atoms with Gasteiger partial charge < -0.3 is 10.2 Å². The van der Waals surface area contributed by atoms with Crippen molar-refractivity contribution in [2.75, 3.05) is 0 Å². The SMILES string of the molecule is CC(C)n1ncnc1CC(O)C1(O)CCCCC1. The second-order valence-electron chi connectivity index (χ2n) is 5.60. The molecule has 1 aliphatic carbocycles. The van der Waals surface area contributed by atoms with Gasteiger partial charge in [0.25, 0.3) is 0 Å². The Bertz CT molecular complexity index is 383. The predicted octanol–water partition coefficient (Wildman–Crippen LogP) is 1.46. The van der Waals surface area contributed by atoms with E-state index in [1.54, 1.807) is 4.68 Å². The van der Waals surface area contributed by atoms with Gasteiger partial charge in [-0.2, -0.15) is 5.10 Å². The van der Waals surface area contributed by atoms with Gasteiger partial charge >= 0.3 is 0 Å². The van der Waals surface area contributed by atoms with Crippen molar-refractivity contribution < 1.29 is 10.2 Å². The Labute approximate surface area is 108 Å². The largest absolute Gasteiger partial charge is 0.390 e. The van der Waals surface area contributed by atoms with Crippen LogP contribution in [0.4, 0.5) is 0 Å². The van der Waals surface area contributed by atoms with Gasteiger partial charge in [-0.05, 0) is 26.7 Å². The standard InChI is InChI=1S/C13H23N3O2/c1-10(2)16-12(14-9-15-16)8-11(17)13(18)6-4-3-5-7-13/h9-11,17-18H,3-8H2,1-2H3. The third kappa shape index (κ3) is 2.72. The Hall–Kier alpha value is -0.940. The van der Waals surface area contributed by atoms with Crippen molar-refractivity contribution in [3.8, 4) is 0 Å². The van der Waals surface area contributed by atoms with Gasteiger partial charge in [0.1, 0.15) is 12.2 Å². The molecule has 18 heavy (non-hydrogen) atoms. The lowest BCUT2D eigenvalue weighted by molar-refractivity contribution is -0.0970. The molecule has 0 bridgehead atoms. The second-order valence-corrected chi connectivity index (χ2v) is 5.60. The molecule has 1 unspecified atom stereocenters. The summed E-state index contributed by atoms with van der Waals surface area (Å²) in [7, 11) is 0.